The zero-order valence-corrected chi connectivity index (χ0v) is 9.59. The van der Waals surface area contributed by atoms with Gasteiger partial charge in [0.25, 0.3) is 0 Å². The van der Waals surface area contributed by atoms with Crippen molar-refractivity contribution in [3.05, 3.63) is 17.0 Å². The lowest BCUT2D eigenvalue weighted by Crippen LogP contribution is -2.08. The summed E-state index contributed by atoms with van der Waals surface area (Å²) in [6.07, 6.45) is 4.01. The molecule has 2 N–H and O–H groups in total. The summed E-state index contributed by atoms with van der Waals surface area (Å²) in [6.45, 7) is 2.95. The third kappa shape index (κ3) is 3.64. The third-order valence-electron chi connectivity index (χ3n) is 2.02. The molecule has 0 amide bonds. The minimum absolute atomic E-state index is 0.176. The third-order valence-corrected chi connectivity index (χ3v) is 2.35. The Balaban J connectivity index is 2.71. The van der Waals surface area contributed by atoms with Crippen molar-refractivity contribution in [2.24, 2.45) is 0 Å². The second kappa shape index (κ2) is 6.58. The average Bonchev–Trinajstić information content (AvgIpc) is 2.23. The largest absolute Gasteiger partial charge is 0.396 e. The maximum Gasteiger partial charge on any atom is 0.137 e. The van der Waals surface area contributed by atoms with Gasteiger partial charge in [0.15, 0.2) is 0 Å². The summed E-state index contributed by atoms with van der Waals surface area (Å²) in [5, 5.41) is 12.3. The fraction of sp³-hybridized carbons (Fsp3) is 0.600. The number of anilines is 1. The molecule has 0 aliphatic carbocycles. The van der Waals surface area contributed by atoms with E-state index in [9.17, 15) is 0 Å². The van der Waals surface area contributed by atoms with Gasteiger partial charge in [-0.3, -0.25) is 0 Å². The van der Waals surface area contributed by atoms with E-state index in [0.29, 0.717) is 18.1 Å². The number of aliphatic hydroxyl groups excluding tert-OH is 1. The number of nitrogens with zero attached hydrogens (tertiary/aromatic N) is 2. The van der Waals surface area contributed by atoms with E-state index in [1.54, 1.807) is 0 Å². The van der Waals surface area contributed by atoms with Crippen LogP contribution in [0.5, 0.6) is 0 Å². The van der Waals surface area contributed by atoms with Crippen molar-refractivity contribution >= 4 is 17.4 Å². The molecule has 0 aliphatic rings. The van der Waals surface area contributed by atoms with E-state index in [0.717, 1.165) is 24.2 Å². The average molecular weight is 230 g/mol. The van der Waals surface area contributed by atoms with Gasteiger partial charge in [-0.05, 0) is 12.8 Å². The molecule has 0 bridgehead atoms. The molecule has 0 radical (unpaired) electrons. The second-order valence-electron chi connectivity index (χ2n) is 3.25. The van der Waals surface area contributed by atoms with Crippen LogP contribution in [0.4, 0.5) is 5.82 Å². The molecule has 0 aliphatic heterocycles. The first-order chi connectivity index (χ1) is 7.29. The smallest absolute Gasteiger partial charge is 0.137 e. The van der Waals surface area contributed by atoms with Crippen LogP contribution >= 0.6 is 11.6 Å². The molecule has 0 saturated heterocycles. The Hall–Kier alpha value is -0.870. The molecule has 0 aromatic carbocycles. The van der Waals surface area contributed by atoms with E-state index in [-0.39, 0.29) is 6.61 Å². The predicted molar refractivity (Wildman–Crippen MR) is 61.2 cm³/mol. The number of rotatable bonds is 6. The van der Waals surface area contributed by atoms with Gasteiger partial charge in [-0.15, -0.1) is 0 Å². The predicted octanol–water partition coefficient (Wildman–Crippen LogP) is 1.88. The standard InChI is InChI=1S/C10H16ClN3O/c1-2-4-8-9(11)13-7-14-10(8)12-5-3-6-15/h7,15H,2-6H2,1H3,(H,12,13,14). The number of aliphatic hydroxyl groups is 1. The Bertz CT molecular complexity index is 307. The van der Waals surface area contributed by atoms with Gasteiger partial charge in [-0.1, -0.05) is 24.9 Å². The summed E-state index contributed by atoms with van der Waals surface area (Å²) in [7, 11) is 0. The number of hydrogen-bond donors (Lipinski definition) is 2. The van der Waals surface area contributed by atoms with Gasteiger partial charge < -0.3 is 10.4 Å². The lowest BCUT2D eigenvalue weighted by atomic mass is 10.2. The maximum atomic E-state index is 8.67. The van der Waals surface area contributed by atoms with E-state index < -0.39 is 0 Å². The normalized spacial score (nSPS) is 10.3. The van der Waals surface area contributed by atoms with Crippen LogP contribution in [0.2, 0.25) is 5.15 Å². The van der Waals surface area contributed by atoms with Crippen LogP contribution in [0.25, 0.3) is 0 Å². The summed E-state index contributed by atoms with van der Waals surface area (Å²) in [5.74, 6) is 0.783. The van der Waals surface area contributed by atoms with Crippen LogP contribution in [0.1, 0.15) is 25.3 Å². The van der Waals surface area contributed by atoms with Gasteiger partial charge in [0.2, 0.25) is 0 Å². The minimum Gasteiger partial charge on any atom is -0.396 e. The van der Waals surface area contributed by atoms with Crippen molar-refractivity contribution in [3.63, 3.8) is 0 Å². The van der Waals surface area contributed by atoms with Gasteiger partial charge in [0, 0.05) is 18.7 Å². The molecule has 0 fully saturated rings. The molecule has 5 heteroatoms. The Morgan fingerprint density at radius 2 is 2.27 bits per heavy atom. The van der Waals surface area contributed by atoms with Crippen molar-refractivity contribution < 1.29 is 5.11 Å². The van der Waals surface area contributed by atoms with Gasteiger partial charge >= 0.3 is 0 Å². The zero-order valence-electron chi connectivity index (χ0n) is 8.83. The SMILES string of the molecule is CCCc1c(Cl)ncnc1NCCCO. The van der Waals surface area contributed by atoms with Crippen LogP contribution in [0, 0.1) is 0 Å². The Kier molecular flexibility index (Phi) is 5.36. The second-order valence-corrected chi connectivity index (χ2v) is 3.60. The fourth-order valence-corrected chi connectivity index (χ4v) is 1.53. The maximum absolute atomic E-state index is 8.67. The highest BCUT2D eigenvalue weighted by atomic mass is 35.5. The number of hydrogen-bond acceptors (Lipinski definition) is 4. The van der Waals surface area contributed by atoms with E-state index >= 15 is 0 Å². The minimum atomic E-state index is 0.176. The monoisotopic (exact) mass is 229 g/mol. The lowest BCUT2D eigenvalue weighted by molar-refractivity contribution is 0.292. The molecule has 1 aromatic heterocycles. The quantitative estimate of drug-likeness (QED) is 0.578. The van der Waals surface area contributed by atoms with Gasteiger partial charge in [0.05, 0.1) is 0 Å². The molecule has 0 saturated carbocycles. The summed E-state index contributed by atoms with van der Waals surface area (Å²) in [4.78, 5) is 8.09. The van der Waals surface area contributed by atoms with Gasteiger partial charge in [-0.25, -0.2) is 9.97 Å². The van der Waals surface area contributed by atoms with Gasteiger partial charge in [0.1, 0.15) is 17.3 Å². The van der Waals surface area contributed by atoms with Crippen LogP contribution in [0.15, 0.2) is 6.33 Å². The first-order valence-corrected chi connectivity index (χ1v) is 5.51. The number of aromatic nitrogens is 2. The van der Waals surface area contributed by atoms with Gasteiger partial charge in [-0.2, -0.15) is 0 Å². The highest BCUT2D eigenvalue weighted by Gasteiger charge is 2.07. The molecule has 1 aromatic rings. The molecule has 0 unspecified atom stereocenters. The number of nitrogens with one attached hydrogen (secondary N) is 1. The Labute approximate surface area is 94.7 Å². The van der Waals surface area contributed by atoms with E-state index in [1.165, 1.54) is 6.33 Å². The molecular formula is C10H16ClN3O. The summed E-state index contributed by atoms with van der Waals surface area (Å²) in [6, 6.07) is 0. The van der Waals surface area contributed by atoms with E-state index in [2.05, 4.69) is 22.2 Å². The van der Waals surface area contributed by atoms with Crippen molar-refractivity contribution in [3.8, 4) is 0 Å². The summed E-state index contributed by atoms with van der Waals surface area (Å²) < 4.78 is 0. The van der Waals surface area contributed by atoms with Crippen molar-refractivity contribution in [1.82, 2.24) is 9.97 Å². The van der Waals surface area contributed by atoms with Crippen LogP contribution in [-0.4, -0.2) is 28.2 Å². The van der Waals surface area contributed by atoms with Crippen molar-refractivity contribution in [2.75, 3.05) is 18.5 Å². The van der Waals surface area contributed by atoms with E-state index in [1.807, 2.05) is 0 Å². The van der Waals surface area contributed by atoms with Crippen LogP contribution in [-0.2, 0) is 6.42 Å². The summed E-state index contributed by atoms with van der Waals surface area (Å²) in [5.41, 5.74) is 0.958. The zero-order chi connectivity index (χ0) is 11.1. The molecule has 84 valence electrons. The molecule has 4 nitrogen and oxygen atoms in total. The van der Waals surface area contributed by atoms with Crippen LogP contribution in [0.3, 0.4) is 0 Å². The topological polar surface area (TPSA) is 58.0 Å². The lowest BCUT2D eigenvalue weighted by Gasteiger charge is -2.10. The van der Waals surface area contributed by atoms with Crippen LogP contribution < -0.4 is 5.32 Å². The van der Waals surface area contributed by atoms with E-state index in [4.69, 9.17) is 16.7 Å². The highest BCUT2D eigenvalue weighted by Crippen LogP contribution is 2.21. The molecule has 0 atom stereocenters. The molecular weight excluding hydrogens is 214 g/mol. The molecule has 0 spiro atoms. The first kappa shape index (κ1) is 12.2. The fourth-order valence-electron chi connectivity index (χ4n) is 1.30. The Morgan fingerprint density at radius 1 is 1.47 bits per heavy atom. The summed E-state index contributed by atoms with van der Waals surface area (Å²) >= 11 is 5.98. The highest BCUT2D eigenvalue weighted by molar-refractivity contribution is 6.30. The van der Waals surface area contributed by atoms with Crippen molar-refractivity contribution in [1.29, 1.82) is 0 Å². The molecule has 1 rings (SSSR count). The first-order valence-electron chi connectivity index (χ1n) is 5.13. The van der Waals surface area contributed by atoms with Crippen molar-refractivity contribution in [2.45, 2.75) is 26.2 Å². The number of halogens is 1. The molecule has 1 heterocycles. The molecule has 15 heavy (non-hydrogen) atoms. The Morgan fingerprint density at radius 3 is 2.93 bits per heavy atom.